The molecule has 0 bridgehead atoms. The van der Waals surface area contributed by atoms with Crippen LogP contribution in [0.2, 0.25) is 0 Å². The minimum atomic E-state index is -0.672. The van der Waals surface area contributed by atoms with E-state index in [4.69, 9.17) is 9.47 Å². The zero-order chi connectivity index (χ0) is 21.2. The van der Waals surface area contributed by atoms with Gasteiger partial charge in [0.15, 0.2) is 6.10 Å². The third kappa shape index (κ3) is 6.21. The molecule has 3 aromatic rings. The van der Waals surface area contributed by atoms with Gasteiger partial charge in [-0.05, 0) is 66.4 Å². The van der Waals surface area contributed by atoms with Crippen molar-refractivity contribution in [2.45, 2.75) is 26.4 Å². The summed E-state index contributed by atoms with van der Waals surface area (Å²) in [6, 6.07) is 25.3. The lowest BCUT2D eigenvalue weighted by Crippen LogP contribution is -2.33. The zero-order valence-electron chi connectivity index (χ0n) is 17.2. The molecule has 1 amide bonds. The lowest BCUT2D eigenvalue weighted by Gasteiger charge is -2.13. The first-order valence-electron chi connectivity index (χ1n) is 10.0. The summed E-state index contributed by atoms with van der Waals surface area (Å²) < 4.78 is 11.3. The normalized spacial score (nSPS) is 11.8. The van der Waals surface area contributed by atoms with Crippen LogP contribution >= 0.6 is 0 Å². The molecule has 5 heteroatoms. The summed E-state index contributed by atoms with van der Waals surface area (Å²) in [7, 11) is 0. The molecular weight excluding hydrogens is 376 g/mol. The molecule has 0 saturated heterocycles. The highest BCUT2D eigenvalue weighted by molar-refractivity contribution is 5.84. The Morgan fingerprint density at radius 2 is 1.57 bits per heavy atom. The number of nitrogens with zero attached hydrogens (tertiary/aromatic N) is 1. The first-order valence-corrected chi connectivity index (χ1v) is 10.0. The van der Waals surface area contributed by atoms with E-state index in [1.165, 1.54) is 0 Å². The van der Waals surface area contributed by atoms with Crippen LogP contribution in [0, 0.1) is 0 Å². The van der Waals surface area contributed by atoms with Crippen LogP contribution in [0.5, 0.6) is 11.5 Å². The summed E-state index contributed by atoms with van der Waals surface area (Å²) in [5.41, 5.74) is 5.60. The summed E-state index contributed by atoms with van der Waals surface area (Å²) in [5, 5.41) is 4.00. The van der Waals surface area contributed by atoms with Crippen LogP contribution in [0.15, 0.2) is 84.0 Å². The standard InChI is InChI=1S/C25H26N2O3/c1-3-17-29-23-13-9-20(10-14-23)18-26-27-25(28)19(2)30-24-15-11-22(12-16-24)21-7-5-4-6-8-21/h4-16,18-19H,3,17H2,1-2H3,(H,27,28)/b26-18-/t19-/m0/s1. The van der Waals surface area contributed by atoms with Crippen molar-refractivity contribution in [2.75, 3.05) is 6.61 Å². The zero-order valence-corrected chi connectivity index (χ0v) is 17.2. The average Bonchev–Trinajstić information content (AvgIpc) is 2.79. The second-order valence-corrected chi connectivity index (χ2v) is 6.80. The predicted octanol–water partition coefficient (Wildman–Crippen LogP) is 5.06. The topological polar surface area (TPSA) is 59.9 Å². The molecule has 0 spiro atoms. The van der Waals surface area contributed by atoms with Crippen molar-refractivity contribution < 1.29 is 14.3 Å². The minimum absolute atomic E-state index is 0.318. The summed E-state index contributed by atoms with van der Waals surface area (Å²) in [4.78, 5) is 12.2. The molecule has 0 heterocycles. The Balaban J connectivity index is 1.49. The number of rotatable bonds is 9. The highest BCUT2D eigenvalue weighted by Gasteiger charge is 2.13. The molecular formula is C25H26N2O3. The number of ether oxygens (including phenoxy) is 2. The SMILES string of the molecule is CCCOc1ccc(/C=N\NC(=O)[C@H](C)Oc2ccc(-c3ccccc3)cc2)cc1. The van der Waals surface area contributed by atoms with Gasteiger partial charge in [-0.25, -0.2) is 5.43 Å². The quantitative estimate of drug-likeness (QED) is 0.402. The number of nitrogens with one attached hydrogen (secondary N) is 1. The van der Waals surface area contributed by atoms with Crippen LogP contribution in [0.3, 0.4) is 0 Å². The van der Waals surface area contributed by atoms with Crippen molar-refractivity contribution in [3.63, 3.8) is 0 Å². The number of hydrazone groups is 1. The average molecular weight is 402 g/mol. The van der Waals surface area contributed by atoms with Gasteiger partial charge < -0.3 is 9.47 Å². The maximum absolute atomic E-state index is 12.2. The van der Waals surface area contributed by atoms with Crippen LogP contribution < -0.4 is 14.9 Å². The Hall–Kier alpha value is -3.60. The fraction of sp³-hybridized carbons (Fsp3) is 0.200. The first-order chi connectivity index (χ1) is 14.7. The molecule has 0 unspecified atom stereocenters. The van der Waals surface area contributed by atoms with Gasteiger partial charge in [-0.1, -0.05) is 49.4 Å². The Morgan fingerprint density at radius 1 is 0.933 bits per heavy atom. The third-order valence-electron chi connectivity index (χ3n) is 4.38. The van der Waals surface area contributed by atoms with Gasteiger partial charge >= 0.3 is 0 Å². The lowest BCUT2D eigenvalue weighted by atomic mass is 10.1. The maximum atomic E-state index is 12.2. The van der Waals surface area contributed by atoms with Gasteiger partial charge in [0, 0.05) is 0 Å². The van der Waals surface area contributed by atoms with E-state index in [1.54, 1.807) is 13.1 Å². The van der Waals surface area contributed by atoms with Gasteiger partial charge in [-0.15, -0.1) is 0 Å². The molecule has 0 saturated carbocycles. The second-order valence-electron chi connectivity index (χ2n) is 6.80. The Kier molecular flexibility index (Phi) is 7.61. The van der Waals surface area contributed by atoms with Gasteiger partial charge in [-0.3, -0.25) is 4.79 Å². The fourth-order valence-corrected chi connectivity index (χ4v) is 2.75. The molecule has 1 atom stereocenters. The van der Waals surface area contributed by atoms with E-state index in [-0.39, 0.29) is 5.91 Å². The third-order valence-corrected chi connectivity index (χ3v) is 4.38. The summed E-state index contributed by atoms with van der Waals surface area (Å²) in [6.07, 6.45) is 1.88. The fourth-order valence-electron chi connectivity index (χ4n) is 2.75. The molecule has 0 aromatic heterocycles. The monoisotopic (exact) mass is 402 g/mol. The number of carbonyl (C=O) groups excluding carboxylic acids is 1. The van der Waals surface area contributed by atoms with Crippen LogP contribution in [0.1, 0.15) is 25.8 Å². The predicted molar refractivity (Wildman–Crippen MR) is 120 cm³/mol. The van der Waals surface area contributed by atoms with E-state index in [0.29, 0.717) is 12.4 Å². The smallest absolute Gasteiger partial charge is 0.280 e. The van der Waals surface area contributed by atoms with E-state index in [1.807, 2.05) is 66.7 Å². The molecule has 0 fully saturated rings. The van der Waals surface area contributed by atoms with Gasteiger partial charge in [0.05, 0.1) is 12.8 Å². The lowest BCUT2D eigenvalue weighted by molar-refractivity contribution is -0.127. The summed E-state index contributed by atoms with van der Waals surface area (Å²) >= 11 is 0. The van der Waals surface area contributed by atoms with Crippen LogP contribution in [0.25, 0.3) is 11.1 Å². The minimum Gasteiger partial charge on any atom is -0.494 e. The Morgan fingerprint density at radius 3 is 2.23 bits per heavy atom. The molecule has 0 aliphatic carbocycles. The number of hydrogen-bond acceptors (Lipinski definition) is 4. The number of carbonyl (C=O) groups is 1. The van der Waals surface area contributed by atoms with E-state index in [2.05, 4.69) is 29.6 Å². The molecule has 30 heavy (non-hydrogen) atoms. The van der Waals surface area contributed by atoms with Crippen LogP contribution in [0.4, 0.5) is 0 Å². The molecule has 5 nitrogen and oxygen atoms in total. The van der Waals surface area contributed by atoms with Crippen molar-refractivity contribution in [1.82, 2.24) is 5.43 Å². The van der Waals surface area contributed by atoms with Crippen LogP contribution in [-0.2, 0) is 4.79 Å². The maximum Gasteiger partial charge on any atom is 0.280 e. The Labute approximate surface area is 177 Å². The number of benzene rings is 3. The van der Waals surface area contributed by atoms with Gasteiger partial charge in [0.1, 0.15) is 11.5 Å². The Bertz CT molecular complexity index is 952. The molecule has 3 rings (SSSR count). The first kappa shape index (κ1) is 21.1. The largest absolute Gasteiger partial charge is 0.494 e. The van der Waals surface area contributed by atoms with E-state index in [0.717, 1.165) is 28.9 Å². The van der Waals surface area contributed by atoms with Gasteiger partial charge in [0.25, 0.3) is 5.91 Å². The number of amides is 1. The molecule has 0 radical (unpaired) electrons. The van der Waals surface area contributed by atoms with E-state index in [9.17, 15) is 4.79 Å². The van der Waals surface area contributed by atoms with Crippen molar-refractivity contribution >= 4 is 12.1 Å². The summed E-state index contributed by atoms with van der Waals surface area (Å²) in [6.45, 7) is 4.44. The molecule has 154 valence electrons. The van der Waals surface area contributed by atoms with Crippen molar-refractivity contribution in [1.29, 1.82) is 0 Å². The second kappa shape index (κ2) is 10.8. The van der Waals surface area contributed by atoms with Crippen molar-refractivity contribution in [3.05, 3.63) is 84.4 Å². The van der Waals surface area contributed by atoms with Crippen molar-refractivity contribution in [2.24, 2.45) is 5.10 Å². The summed E-state index contributed by atoms with van der Waals surface area (Å²) in [5.74, 6) is 1.13. The molecule has 0 aliphatic rings. The molecule has 0 aliphatic heterocycles. The highest BCUT2D eigenvalue weighted by atomic mass is 16.5. The van der Waals surface area contributed by atoms with Gasteiger partial charge in [-0.2, -0.15) is 5.10 Å². The molecule has 3 aromatic carbocycles. The van der Waals surface area contributed by atoms with Crippen molar-refractivity contribution in [3.8, 4) is 22.6 Å². The van der Waals surface area contributed by atoms with E-state index >= 15 is 0 Å². The number of hydrogen-bond donors (Lipinski definition) is 1. The van der Waals surface area contributed by atoms with E-state index < -0.39 is 6.10 Å². The van der Waals surface area contributed by atoms with Crippen LogP contribution in [-0.4, -0.2) is 24.8 Å². The molecule has 1 N–H and O–H groups in total. The van der Waals surface area contributed by atoms with Gasteiger partial charge in [0.2, 0.25) is 0 Å². The highest BCUT2D eigenvalue weighted by Crippen LogP contribution is 2.22.